The van der Waals surface area contributed by atoms with E-state index in [1.807, 2.05) is 12.3 Å². The van der Waals surface area contributed by atoms with Crippen LogP contribution in [0.5, 0.6) is 0 Å². The van der Waals surface area contributed by atoms with E-state index in [4.69, 9.17) is 5.73 Å². The highest BCUT2D eigenvalue weighted by molar-refractivity contribution is 7.98. The average Bonchev–Trinajstić information content (AvgIpc) is 2.44. The van der Waals surface area contributed by atoms with Crippen molar-refractivity contribution in [3.05, 3.63) is 47.8 Å². The van der Waals surface area contributed by atoms with Gasteiger partial charge < -0.3 is 5.73 Å². The van der Waals surface area contributed by atoms with Crippen molar-refractivity contribution >= 4 is 33.2 Å². The summed E-state index contributed by atoms with van der Waals surface area (Å²) >= 11 is 1.51. The largest absolute Gasteiger partial charge is 0.396 e. The third-order valence-electron chi connectivity index (χ3n) is 2.89. The monoisotopic (exact) mass is 326 g/mol. The predicted octanol–water partition coefficient (Wildman–Crippen LogP) is 3.24. The molecule has 0 bridgehead atoms. The molecular formula is C14H15FN2O2S2. The number of benzene rings is 2. The number of halogens is 1. The first-order valence-electron chi connectivity index (χ1n) is 6.06. The Kier molecular flexibility index (Phi) is 4.43. The Bertz CT molecular complexity index is 753. The molecular weight excluding hydrogens is 311 g/mol. The molecule has 0 saturated carbocycles. The number of thioether (sulfide) groups is 1. The maximum absolute atomic E-state index is 13.5. The van der Waals surface area contributed by atoms with Crippen LogP contribution in [0.3, 0.4) is 0 Å². The summed E-state index contributed by atoms with van der Waals surface area (Å²) in [6, 6.07) is 9.38. The minimum Gasteiger partial charge on any atom is -0.396 e. The van der Waals surface area contributed by atoms with Crippen molar-refractivity contribution in [2.24, 2.45) is 0 Å². The van der Waals surface area contributed by atoms with Crippen LogP contribution >= 0.6 is 11.8 Å². The SMILES string of the molecule is CSc1cccc(NS(=O)(=O)c2cc(C)c(F)c(N)c2)c1. The summed E-state index contributed by atoms with van der Waals surface area (Å²) in [5.74, 6) is -0.599. The Balaban J connectivity index is 2.38. The van der Waals surface area contributed by atoms with Crippen LogP contribution < -0.4 is 10.5 Å². The van der Waals surface area contributed by atoms with Crippen LogP contribution in [0.4, 0.5) is 15.8 Å². The first kappa shape index (κ1) is 15.7. The zero-order valence-electron chi connectivity index (χ0n) is 11.6. The van der Waals surface area contributed by atoms with E-state index in [1.54, 1.807) is 18.2 Å². The van der Waals surface area contributed by atoms with Crippen LogP contribution in [0.2, 0.25) is 0 Å². The van der Waals surface area contributed by atoms with Gasteiger partial charge in [-0.2, -0.15) is 0 Å². The molecule has 0 saturated heterocycles. The van der Waals surface area contributed by atoms with Crippen molar-refractivity contribution in [1.29, 1.82) is 0 Å². The van der Waals surface area contributed by atoms with Crippen LogP contribution in [0.1, 0.15) is 5.56 Å². The molecule has 0 unspecified atom stereocenters. The lowest BCUT2D eigenvalue weighted by Gasteiger charge is -2.11. The quantitative estimate of drug-likeness (QED) is 0.668. The second-order valence-corrected chi connectivity index (χ2v) is 7.04. The predicted molar refractivity (Wildman–Crippen MR) is 84.6 cm³/mol. The van der Waals surface area contributed by atoms with Gasteiger partial charge in [-0.25, -0.2) is 12.8 Å². The van der Waals surface area contributed by atoms with Crippen molar-refractivity contribution in [3.63, 3.8) is 0 Å². The number of nitrogen functional groups attached to an aromatic ring is 1. The summed E-state index contributed by atoms with van der Waals surface area (Å²) in [6.07, 6.45) is 1.90. The number of sulfonamides is 1. The summed E-state index contributed by atoms with van der Waals surface area (Å²) < 4.78 is 40.6. The summed E-state index contributed by atoms with van der Waals surface area (Å²) in [5.41, 5.74) is 5.93. The van der Waals surface area contributed by atoms with E-state index in [9.17, 15) is 12.8 Å². The van der Waals surface area contributed by atoms with E-state index in [1.165, 1.54) is 24.8 Å². The first-order valence-corrected chi connectivity index (χ1v) is 8.77. The topological polar surface area (TPSA) is 72.2 Å². The van der Waals surface area contributed by atoms with E-state index in [-0.39, 0.29) is 16.1 Å². The molecule has 0 amide bonds. The highest BCUT2D eigenvalue weighted by Crippen LogP contribution is 2.24. The lowest BCUT2D eigenvalue weighted by Crippen LogP contribution is -2.14. The molecule has 3 N–H and O–H groups in total. The summed E-state index contributed by atoms with van der Waals surface area (Å²) in [7, 11) is -3.81. The van der Waals surface area contributed by atoms with Crippen LogP contribution in [-0.2, 0) is 10.0 Å². The zero-order chi connectivity index (χ0) is 15.6. The second-order valence-electron chi connectivity index (χ2n) is 4.48. The molecule has 7 heteroatoms. The number of aryl methyl sites for hydroxylation is 1. The fraction of sp³-hybridized carbons (Fsp3) is 0.143. The molecule has 2 aromatic carbocycles. The number of nitrogens with one attached hydrogen (secondary N) is 1. The van der Waals surface area contributed by atoms with Crippen molar-refractivity contribution in [1.82, 2.24) is 0 Å². The van der Waals surface area contributed by atoms with Crippen LogP contribution in [0, 0.1) is 12.7 Å². The minimum absolute atomic E-state index is 0.0616. The molecule has 0 spiro atoms. The lowest BCUT2D eigenvalue weighted by atomic mass is 10.2. The Morgan fingerprint density at radius 3 is 2.57 bits per heavy atom. The van der Waals surface area contributed by atoms with Gasteiger partial charge in [0.25, 0.3) is 10.0 Å². The molecule has 2 rings (SSSR count). The Labute approximate surface area is 127 Å². The summed E-state index contributed by atoms with van der Waals surface area (Å²) in [4.78, 5) is 0.874. The van der Waals surface area contributed by atoms with E-state index in [0.717, 1.165) is 11.0 Å². The lowest BCUT2D eigenvalue weighted by molar-refractivity contribution is 0.599. The highest BCUT2D eigenvalue weighted by atomic mass is 32.2. The van der Waals surface area contributed by atoms with Gasteiger partial charge in [-0.15, -0.1) is 11.8 Å². The van der Waals surface area contributed by atoms with Gasteiger partial charge in [0.1, 0.15) is 5.82 Å². The van der Waals surface area contributed by atoms with Crippen LogP contribution in [-0.4, -0.2) is 14.7 Å². The van der Waals surface area contributed by atoms with Crippen molar-refractivity contribution < 1.29 is 12.8 Å². The molecule has 2 aromatic rings. The maximum Gasteiger partial charge on any atom is 0.261 e. The zero-order valence-corrected chi connectivity index (χ0v) is 13.2. The molecule has 0 aliphatic rings. The number of hydrogen-bond acceptors (Lipinski definition) is 4. The Morgan fingerprint density at radius 2 is 1.95 bits per heavy atom. The summed E-state index contributed by atoms with van der Waals surface area (Å²) in [6.45, 7) is 1.47. The normalized spacial score (nSPS) is 11.4. The molecule has 0 aromatic heterocycles. The molecule has 0 aliphatic heterocycles. The first-order chi connectivity index (χ1) is 9.83. The van der Waals surface area contributed by atoms with Crippen molar-refractivity contribution in [3.8, 4) is 0 Å². The van der Waals surface area contributed by atoms with E-state index in [0.29, 0.717) is 5.69 Å². The standard InChI is InChI=1S/C14H15FN2O2S2/c1-9-6-12(8-13(16)14(9)15)21(18,19)17-10-4-3-5-11(7-10)20-2/h3-8,17H,16H2,1-2H3. The van der Waals surface area contributed by atoms with Gasteiger partial charge in [-0.05, 0) is 49.1 Å². The Morgan fingerprint density at radius 1 is 1.24 bits per heavy atom. The third kappa shape index (κ3) is 3.48. The van der Waals surface area contributed by atoms with Gasteiger partial charge in [-0.3, -0.25) is 4.72 Å². The molecule has 0 heterocycles. The van der Waals surface area contributed by atoms with Crippen LogP contribution in [0.15, 0.2) is 46.2 Å². The molecule has 0 radical (unpaired) electrons. The molecule has 4 nitrogen and oxygen atoms in total. The number of hydrogen-bond donors (Lipinski definition) is 2. The molecule has 0 fully saturated rings. The third-order valence-corrected chi connectivity index (χ3v) is 4.97. The van der Waals surface area contributed by atoms with Crippen molar-refractivity contribution in [2.75, 3.05) is 16.7 Å². The van der Waals surface area contributed by atoms with Gasteiger partial charge >= 0.3 is 0 Å². The number of nitrogens with two attached hydrogens (primary N) is 1. The molecule has 0 atom stereocenters. The highest BCUT2D eigenvalue weighted by Gasteiger charge is 2.17. The van der Waals surface area contributed by atoms with Gasteiger partial charge in [0.2, 0.25) is 0 Å². The Hall–Kier alpha value is -1.73. The van der Waals surface area contributed by atoms with Gasteiger partial charge in [0, 0.05) is 10.6 Å². The number of anilines is 2. The number of rotatable bonds is 4. The average molecular weight is 326 g/mol. The van der Waals surface area contributed by atoms with E-state index >= 15 is 0 Å². The molecule has 112 valence electrons. The molecule has 0 aliphatic carbocycles. The minimum atomic E-state index is -3.81. The maximum atomic E-state index is 13.5. The van der Waals surface area contributed by atoms with Crippen LogP contribution in [0.25, 0.3) is 0 Å². The fourth-order valence-electron chi connectivity index (χ4n) is 1.82. The smallest absolute Gasteiger partial charge is 0.261 e. The fourth-order valence-corrected chi connectivity index (χ4v) is 3.45. The molecule has 21 heavy (non-hydrogen) atoms. The van der Waals surface area contributed by atoms with E-state index < -0.39 is 15.8 Å². The van der Waals surface area contributed by atoms with Gasteiger partial charge in [0.15, 0.2) is 0 Å². The van der Waals surface area contributed by atoms with E-state index in [2.05, 4.69) is 4.72 Å². The second kappa shape index (κ2) is 5.95. The van der Waals surface area contributed by atoms with Crippen molar-refractivity contribution in [2.45, 2.75) is 16.7 Å². The van der Waals surface area contributed by atoms with Gasteiger partial charge in [-0.1, -0.05) is 6.07 Å². The summed E-state index contributed by atoms with van der Waals surface area (Å²) in [5, 5.41) is 0. The van der Waals surface area contributed by atoms with Gasteiger partial charge in [0.05, 0.1) is 10.6 Å².